The number of nitriles is 1. The third kappa shape index (κ3) is 4.90. The summed E-state index contributed by atoms with van der Waals surface area (Å²) in [6, 6.07) is 14.1. The molecule has 0 spiro atoms. The summed E-state index contributed by atoms with van der Waals surface area (Å²) in [4.78, 5) is 11.9. The lowest BCUT2D eigenvalue weighted by Gasteiger charge is -2.12. The Morgan fingerprint density at radius 1 is 1.21 bits per heavy atom. The SMILES string of the molecule is CCOc1cc(C#N)ccc1OCC(=O)NCc1ccccc1Cl. The van der Waals surface area contributed by atoms with E-state index in [4.69, 9.17) is 26.3 Å². The second kappa shape index (κ2) is 8.80. The maximum Gasteiger partial charge on any atom is 0.258 e. The van der Waals surface area contributed by atoms with Crippen LogP contribution in [-0.4, -0.2) is 19.1 Å². The van der Waals surface area contributed by atoms with Crippen LogP contribution in [0, 0.1) is 11.3 Å². The number of nitrogens with one attached hydrogen (secondary N) is 1. The summed E-state index contributed by atoms with van der Waals surface area (Å²) in [6.45, 7) is 2.44. The fourth-order valence-electron chi connectivity index (χ4n) is 2.00. The van der Waals surface area contributed by atoms with Crippen LogP contribution in [0.1, 0.15) is 18.1 Å². The Morgan fingerprint density at radius 2 is 2.00 bits per heavy atom. The number of carbonyl (C=O) groups is 1. The summed E-state index contributed by atoms with van der Waals surface area (Å²) in [6.07, 6.45) is 0. The minimum Gasteiger partial charge on any atom is -0.490 e. The molecule has 0 radical (unpaired) electrons. The van der Waals surface area contributed by atoms with E-state index in [1.807, 2.05) is 31.2 Å². The Bertz CT molecular complexity index is 756. The van der Waals surface area contributed by atoms with Gasteiger partial charge in [-0.15, -0.1) is 0 Å². The molecule has 0 heterocycles. The average Bonchev–Trinajstić information content (AvgIpc) is 2.60. The van der Waals surface area contributed by atoms with Crippen LogP contribution < -0.4 is 14.8 Å². The summed E-state index contributed by atoms with van der Waals surface area (Å²) in [5.74, 6) is 0.584. The molecule has 1 amide bonds. The van der Waals surface area contributed by atoms with Crippen molar-refractivity contribution in [1.82, 2.24) is 5.32 Å². The second-order valence-corrected chi connectivity index (χ2v) is 5.27. The number of hydrogen-bond acceptors (Lipinski definition) is 4. The van der Waals surface area contributed by atoms with E-state index < -0.39 is 0 Å². The fraction of sp³-hybridized carbons (Fsp3) is 0.222. The largest absolute Gasteiger partial charge is 0.490 e. The summed E-state index contributed by atoms with van der Waals surface area (Å²) in [7, 11) is 0. The van der Waals surface area contributed by atoms with E-state index >= 15 is 0 Å². The van der Waals surface area contributed by atoms with E-state index in [-0.39, 0.29) is 12.5 Å². The molecule has 0 unspecified atom stereocenters. The van der Waals surface area contributed by atoms with Gasteiger partial charge in [-0.2, -0.15) is 5.26 Å². The van der Waals surface area contributed by atoms with Gasteiger partial charge < -0.3 is 14.8 Å². The molecule has 1 N–H and O–H groups in total. The number of hydrogen-bond donors (Lipinski definition) is 1. The monoisotopic (exact) mass is 344 g/mol. The van der Waals surface area contributed by atoms with Crippen molar-refractivity contribution in [3.8, 4) is 17.6 Å². The molecule has 5 nitrogen and oxygen atoms in total. The van der Waals surface area contributed by atoms with Gasteiger partial charge in [0.25, 0.3) is 5.91 Å². The van der Waals surface area contributed by atoms with Gasteiger partial charge in [-0.1, -0.05) is 29.8 Å². The van der Waals surface area contributed by atoms with Gasteiger partial charge >= 0.3 is 0 Å². The highest BCUT2D eigenvalue weighted by Gasteiger charge is 2.09. The molecule has 0 fully saturated rings. The van der Waals surface area contributed by atoms with Gasteiger partial charge in [0.1, 0.15) is 0 Å². The van der Waals surface area contributed by atoms with E-state index in [2.05, 4.69) is 5.32 Å². The molecule has 24 heavy (non-hydrogen) atoms. The minimum absolute atomic E-state index is 0.156. The molecule has 2 aromatic carbocycles. The predicted molar refractivity (Wildman–Crippen MR) is 91.1 cm³/mol. The Labute approximate surface area is 145 Å². The molecule has 6 heteroatoms. The second-order valence-electron chi connectivity index (χ2n) is 4.86. The van der Waals surface area contributed by atoms with E-state index in [0.29, 0.717) is 35.2 Å². The summed E-state index contributed by atoms with van der Waals surface area (Å²) < 4.78 is 10.9. The van der Waals surface area contributed by atoms with Crippen molar-refractivity contribution in [3.63, 3.8) is 0 Å². The smallest absolute Gasteiger partial charge is 0.258 e. The lowest BCUT2D eigenvalue weighted by Crippen LogP contribution is -2.28. The van der Waals surface area contributed by atoms with Gasteiger partial charge in [0.2, 0.25) is 0 Å². The summed E-state index contributed by atoms with van der Waals surface area (Å²) >= 11 is 6.04. The first kappa shape index (κ1) is 17.6. The first-order valence-corrected chi connectivity index (χ1v) is 7.81. The maximum atomic E-state index is 11.9. The van der Waals surface area contributed by atoms with Crippen LogP contribution in [0.5, 0.6) is 11.5 Å². The number of rotatable bonds is 7. The van der Waals surface area contributed by atoms with Crippen LogP contribution in [0.2, 0.25) is 5.02 Å². The Hall–Kier alpha value is -2.71. The number of ether oxygens (including phenoxy) is 2. The van der Waals surface area contributed by atoms with E-state index in [1.54, 1.807) is 24.3 Å². The van der Waals surface area contributed by atoms with Gasteiger partial charge in [-0.25, -0.2) is 0 Å². The summed E-state index contributed by atoms with van der Waals surface area (Å²) in [5, 5.41) is 12.3. The van der Waals surface area contributed by atoms with Gasteiger partial charge in [0.15, 0.2) is 18.1 Å². The van der Waals surface area contributed by atoms with E-state index in [9.17, 15) is 4.79 Å². The molecule has 0 aromatic heterocycles. The average molecular weight is 345 g/mol. The first-order chi connectivity index (χ1) is 11.6. The van der Waals surface area contributed by atoms with Gasteiger partial charge in [-0.3, -0.25) is 4.79 Å². The van der Waals surface area contributed by atoms with Crippen molar-refractivity contribution >= 4 is 17.5 Å². The number of carbonyl (C=O) groups excluding carboxylic acids is 1. The lowest BCUT2D eigenvalue weighted by molar-refractivity contribution is -0.123. The Morgan fingerprint density at radius 3 is 2.71 bits per heavy atom. The first-order valence-electron chi connectivity index (χ1n) is 7.44. The van der Waals surface area contributed by atoms with Gasteiger partial charge in [0.05, 0.1) is 18.2 Å². The third-order valence-corrected chi connectivity index (χ3v) is 3.53. The molecule has 0 saturated heterocycles. The molecular formula is C18H17ClN2O3. The van der Waals surface area contributed by atoms with Crippen molar-refractivity contribution < 1.29 is 14.3 Å². The quantitative estimate of drug-likeness (QED) is 0.836. The van der Waals surface area contributed by atoms with Crippen LogP contribution in [0.3, 0.4) is 0 Å². The molecule has 124 valence electrons. The molecule has 0 saturated carbocycles. The van der Waals surface area contributed by atoms with Crippen molar-refractivity contribution in [3.05, 3.63) is 58.6 Å². The maximum absolute atomic E-state index is 11.9. The fourth-order valence-corrected chi connectivity index (χ4v) is 2.20. The Kier molecular flexibility index (Phi) is 6.47. The van der Waals surface area contributed by atoms with Crippen molar-refractivity contribution in [2.75, 3.05) is 13.2 Å². The van der Waals surface area contributed by atoms with Gasteiger partial charge in [0, 0.05) is 17.6 Å². The van der Waals surface area contributed by atoms with Crippen LogP contribution >= 0.6 is 11.6 Å². The molecule has 0 bridgehead atoms. The highest BCUT2D eigenvalue weighted by atomic mass is 35.5. The standard InChI is InChI=1S/C18H17ClN2O3/c1-2-23-17-9-13(10-20)7-8-16(17)24-12-18(22)21-11-14-5-3-4-6-15(14)19/h3-9H,2,11-12H2,1H3,(H,21,22). The number of benzene rings is 2. The van der Waals surface area contributed by atoms with E-state index in [1.165, 1.54) is 0 Å². The van der Waals surface area contributed by atoms with E-state index in [0.717, 1.165) is 5.56 Å². The highest BCUT2D eigenvalue weighted by Crippen LogP contribution is 2.28. The van der Waals surface area contributed by atoms with Crippen LogP contribution in [-0.2, 0) is 11.3 Å². The number of nitrogens with zero attached hydrogens (tertiary/aromatic N) is 1. The molecule has 0 aliphatic heterocycles. The summed E-state index contributed by atoms with van der Waals surface area (Å²) in [5.41, 5.74) is 1.30. The molecule has 0 atom stereocenters. The Balaban J connectivity index is 1.92. The van der Waals surface area contributed by atoms with Crippen LogP contribution in [0.15, 0.2) is 42.5 Å². The normalized spacial score (nSPS) is 9.88. The molecule has 2 aromatic rings. The number of amides is 1. The topological polar surface area (TPSA) is 71.3 Å². The number of halogens is 1. The molecule has 2 rings (SSSR count). The lowest BCUT2D eigenvalue weighted by atomic mass is 10.2. The minimum atomic E-state index is -0.276. The third-order valence-electron chi connectivity index (χ3n) is 3.17. The van der Waals surface area contributed by atoms with Crippen LogP contribution in [0.25, 0.3) is 0 Å². The zero-order valence-corrected chi connectivity index (χ0v) is 14.0. The molecule has 0 aliphatic rings. The zero-order chi connectivity index (χ0) is 17.4. The van der Waals surface area contributed by atoms with Crippen molar-refractivity contribution in [2.45, 2.75) is 13.5 Å². The molecular weight excluding hydrogens is 328 g/mol. The van der Waals surface area contributed by atoms with Crippen molar-refractivity contribution in [1.29, 1.82) is 5.26 Å². The van der Waals surface area contributed by atoms with Crippen molar-refractivity contribution in [2.24, 2.45) is 0 Å². The van der Waals surface area contributed by atoms with Crippen LogP contribution in [0.4, 0.5) is 0 Å². The zero-order valence-electron chi connectivity index (χ0n) is 13.2. The predicted octanol–water partition coefficient (Wildman–Crippen LogP) is 3.31. The van der Waals surface area contributed by atoms with Gasteiger partial charge in [-0.05, 0) is 30.7 Å². The highest BCUT2D eigenvalue weighted by molar-refractivity contribution is 6.31. The molecule has 0 aliphatic carbocycles.